The lowest BCUT2D eigenvalue weighted by Crippen LogP contribution is -2.35. The molecular formula is C22H28N2O4S2. The topological polar surface area (TPSA) is 75.7 Å². The fraction of sp³-hybridized carbons (Fsp3) is 0.409. The molecule has 1 saturated heterocycles. The van der Waals surface area contributed by atoms with E-state index in [-0.39, 0.29) is 5.91 Å². The molecular weight excluding hydrogens is 420 g/mol. The summed E-state index contributed by atoms with van der Waals surface area (Å²) in [5, 5.41) is 2.84. The van der Waals surface area contributed by atoms with E-state index in [0.717, 1.165) is 29.9 Å². The van der Waals surface area contributed by atoms with E-state index in [1.165, 1.54) is 0 Å². The molecule has 0 unspecified atom stereocenters. The largest absolute Gasteiger partial charge is 0.492 e. The summed E-state index contributed by atoms with van der Waals surface area (Å²) in [6.07, 6.45) is 3.36. The molecule has 2 aromatic rings. The minimum Gasteiger partial charge on any atom is -0.492 e. The molecule has 2 aromatic carbocycles. The van der Waals surface area contributed by atoms with E-state index in [0.29, 0.717) is 43.3 Å². The molecule has 3 rings (SSSR count). The average Bonchev–Trinajstić information content (AvgIpc) is 2.78. The van der Waals surface area contributed by atoms with Crippen LogP contribution in [-0.2, 0) is 14.8 Å². The normalized spacial score (nSPS) is 14.9. The van der Waals surface area contributed by atoms with Crippen LogP contribution in [0.15, 0.2) is 64.4 Å². The van der Waals surface area contributed by atoms with Crippen molar-refractivity contribution in [2.75, 3.05) is 32.0 Å². The number of ether oxygens (including phenoxy) is 1. The van der Waals surface area contributed by atoms with Gasteiger partial charge in [-0.2, -0.15) is 4.31 Å². The molecule has 8 heteroatoms. The lowest BCUT2D eigenvalue weighted by atomic mass is 10.2. The third-order valence-corrected chi connectivity index (χ3v) is 7.74. The van der Waals surface area contributed by atoms with Crippen molar-refractivity contribution < 1.29 is 17.9 Å². The van der Waals surface area contributed by atoms with Gasteiger partial charge in [-0.15, -0.1) is 11.8 Å². The Labute approximate surface area is 183 Å². The van der Waals surface area contributed by atoms with Crippen molar-refractivity contribution in [2.24, 2.45) is 0 Å². The number of carbonyl (C=O) groups is 1. The number of piperidine rings is 1. The number of hydrogen-bond donors (Lipinski definition) is 1. The van der Waals surface area contributed by atoms with Crippen molar-refractivity contribution >= 4 is 27.7 Å². The van der Waals surface area contributed by atoms with E-state index in [1.54, 1.807) is 40.3 Å². The van der Waals surface area contributed by atoms with E-state index >= 15 is 0 Å². The molecule has 30 heavy (non-hydrogen) atoms. The maximum Gasteiger partial charge on any atom is 0.243 e. The fourth-order valence-electron chi connectivity index (χ4n) is 3.19. The van der Waals surface area contributed by atoms with E-state index in [2.05, 4.69) is 5.32 Å². The molecule has 0 radical (unpaired) electrons. The molecule has 0 bridgehead atoms. The molecule has 0 aromatic heterocycles. The zero-order valence-electron chi connectivity index (χ0n) is 17.0. The highest BCUT2D eigenvalue weighted by Gasteiger charge is 2.25. The van der Waals surface area contributed by atoms with Gasteiger partial charge in [0.25, 0.3) is 0 Å². The van der Waals surface area contributed by atoms with Crippen LogP contribution in [-0.4, -0.2) is 50.6 Å². The smallest absolute Gasteiger partial charge is 0.243 e. The van der Waals surface area contributed by atoms with E-state index in [1.807, 2.05) is 30.3 Å². The van der Waals surface area contributed by atoms with Crippen LogP contribution in [0.25, 0.3) is 0 Å². The van der Waals surface area contributed by atoms with Gasteiger partial charge < -0.3 is 10.1 Å². The molecule has 1 N–H and O–H groups in total. The van der Waals surface area contributed by atoms with Gasteiger partial charge in [-0.3, -0.25) is 4.79 Å². The molecule has 0 saturated carbocycles. The van der Waals surface area contributed by atoms with Crippen LogP contribution in [0.3, 0.4) is 0 Å². The molecule has 0 spiro atoms. The number of nitrogens with one attached hydrogen (secondary N) is 1. The van der Waals surface area contributed by atoms with Gasteiger partial charge in [0, 0.05) is 30.2 Å². The summed E-state index contributed by atoms with van der Waals surface area (Å²) in [6, 6.07) is 16.5. The molecule has 1 aliphatic heterocycles. The lowest BCUT2D eigenvalue weighted by Gasteiger charge is -2.25. The Morgan fingerprint density at radius 1 is 1.00 bits per heavy atom. The zero-order valence-corrected chi connectivity index (χ0v) is 18.6. The molecule has 0 aliphatic carbocycles. The van der Waals surface area contributed by atoms with Gasteiger partial charge in [0.15, 0.2) is 0 Å². The summed E-state index contributed by atoms with van der Waals surface area (Å²) in [5.41, 5.74) is 0. The highest BCUT2D eigenvalue weighted by Crippen LogP contribution is 2.22. The number of nitrogens with zero attached hydrogens (tertiary/aromatic N) is 1. The first-order valence-electron chi connectivity index (χ1n) is 10.2. The molecule has 0 atom stereocenters. The van der Waals surface area contributed by atoms with Gasteiger partial charge in [-0.25, -0.2) is 8.42 Å². The summed E-state index contributed by atoms with van der Waals surface area (Å²) >= 11 is 1.65. The first-order chi connectivity index (χ1) is 14.6. The highest BCUT2D eigenvalue weighted by molar-refractivity contribution is 7.99. The van der Waals surface area contributed by atoms with E-state index < -0.39 is 10.0 Å². The Hall–Kier alpha value is -2.03. The second-order valence-corrected chi connectivity index (χ2v) is 10.2. The Morgan fingerprint density at radius 3 is 2.40 bits per heavy atom. The Kier molecular flexibility index (Phi) is 8.60. The van der Waals surface area contributed by atoms with Gasteiger partial charge in [0.2, 0.25) is 15.9 Å². The van der Waals surface area contributed by atoms with Crippen LogP contribution >= 0.6 is 11.8 Å². The Bertz CT molecular complexity index is 896. The van der Waals surface area contributed by atoms with Crippen molar-refractivity contribution in [3.8, 4) is 5.75 Å². The standard InChI is InChI=1S/C22H28N2O4S2/c25-22(13-18-29-20-7-3-1-4-8-20)23-14-17-28-19-9-11-21(12-10-19)30(26,27)24-15-5-2-6-16-24/h1,3-4,7-12H,2,5-6,13-18H2,(H,23,25). The third-order valence-electron chi connectivity index (χ3n) is 4.81. The molecule has 6 nitrogen and oxygen atoms in total. The minimum atomic E-state index is -3.43. The van der Waals surface area contributed by atoms with Crippen LogP contribution in [0.5, 0.6) is 5.75 Å². The number of sulfonamides is 1. The van der Waals surface area contributed by atoms with E-state index in [4.69, 9.17) is 4.74 Å². The van der Waals surface area contributed by atoms with Gasteiger partial charge in [0.05, 0.1) is 11.4 Å². The number of amides is 1. The van der Waals surface area contributed by atoms with Crippen LogP contribution in [0.2, 0.25) is 0 Å². The van der Waals surface area contributed by atoms with Crippen LogP contribution in [0.1, 0.15) is 25.7 Å². The molecule has 1 heterocycles. The molecule has 1 fully saturated rings. The van der Waals surface area contributed by atoms with Crippen molar-refractivity contribution in [1.29, 1.82) is 0 Å². The van der Waals surface area contributed by atoms with Crippen LogP contribution in [0.4, 0.5) is 0 Å². The number of carbonyl (C=O) groups excluding carboxylic acids is 1. The zero-order chi connectivity index (χ0) is 21.2. The maximum absolute atomic E-state index is 12.6. The number of hydrogen-bond acceptors (Lipinski definition) is 5. The Morgan fingerprint density at radius 2 is 1.70 bits per heavy atom. The molecule has 162 valence electrons. The van der Waals surface area contributed by atoms with Crippen LogP contribution < -0.4 is 10.1 Å². The summed E-state index contributed by atoms with van der Waals surface area (Å²) in [6.45, 7) is 1.91. The SMILES string of the molecule is O=C(CCSc1ccccc1)NCCOc1ccc(S(=O)(=O)N2CCCCC2)cc1. The number of benzene rings is 2. The quantitative estimate of drug-likeness (QED) is 0.444. The van der Waals surface area contributed by atoms with Crippen LogP contribution in [0, 0.1) is 0 Å². The second-order valence-electron chi connectivity index (χ2n) is 7.05. The Balaban J connectivity index is 1.35. The predicted molar refractivity (Wildman–Crippen MR) is 119 cm³/mol. The summed E-state index contributed by atoms with van der Waals surface area (Å²) in [4.78, 5) is 13.3. The number of thioether (sulfide) groups is 1. The predicted octanol–water partition coefficient (Wildman–Crippen LogP) is 3.54. The van der Waals surface area contributed by atoms with Crippen molar-refractivity contribution in [3.05, 3.63) is 54.6 Å². The summed E-state index contributed by atoms with van der Waals surface area (Å²) in [7, 11) is -3.43. The molecule has 1 aliphatic rings. The number of rotatable bonds is 10. The monoisotopic (exact) mass is 448 g/mol. The lowest BCUT2D eigenvalue weighted by molar-refractivity contribution is -0.120. The molecule has 1 amide bonds. The van der Waals surface area contributed by atoms with Gasteiger partial charge >= 0.3 is 0 Å². The van der Waals surface area contributed by atoms with E-state index in [9.17, 15) is 13.2 Å². The minimum absolute atomic E-state index is 0.00926. The second kappa shape index (κ2) is 11.4. The first kappa shape index (κ1) is 22.7. The van der Waals surface area contributed by atoms with Gasteiger partial charge in [-0.1, -0.05) is 24.6 Å². The van der Waals surface area contributed by atoms with Crippen molar-refractivity contribution in [2.45, 2.75) is 35.5 Å². The summed E-state index contributed by atoms with van der Waals surface area (Å²) in [5.74, 6) is 1.30. The first-order valence-corrected chi connectivity index (χ1v) is 12.7. The summed E-state index contributed by atoms with van der Waals surface area (Å²) < 4.78 is 32.5. The van der Waals surface area contributed by atoms with Gasteiger partial charge in [0.1, 0.15) is 12.4 Å². The fourth-order valence-corrected chi connectivity index (χ4v) is 5.58. The maximum atomic E-state index is 12.6. The average molecular weight is 449 g/mol. The van der Waals surface area contributed by atoms with Crippen molar-refractivity contribution in [1.82, 2.24) is 9.62 Å². The highest BCUT2D eigenvalue weighted by atomic mass is 32.2. The third kappa shape index (κ3) is 6.75. The van der Waals surface area contributed by atoms with Gasteiger partial charge in [-0.05, 0) is 49.2 Å². The van der Waals surface area contributed by atoms with Crippen molar-refractivity contribution in [3.63, 3.8) is 0 Å².